The molecule has 0 aliphatic carbocycles. The fraction of sp³-hybridized carbons (Fsp3) is 0.294. The summed E-state index contributed by atoms with van der Waals surface area (Å²) in [7, 11) is 0. The van der Waals surface area contributed by atoms with E-state index in [0.717, 1.165) is 15.2 Å². The highest BCUT2D eigenvalue weighted by Crippen LogP contribution is 2.33. The molecule has 0 saturated heterocycles. The van der Waals surface area contributed by atoms with Gasteiger partial charge in [0.15, 0.2) is 6.61 Å². The van der Waals surface area contributed by atoms with Crippen LogP contribution in [-0.4, -0.2) is 46.9 Å². The molecule has 1 unspecified atom stereocenters. The van der Waals surface area contributed by atoms with E-state index in [2.05, 4.69) is 21.0 Å². The number of ether oxygens (including phenoxy) is 1. The molecule has 0 bridgehead atoms. The third kappa shape index (κ3) is 3.91. The molecule has 1 N–H and O–H groups in total. The number of fused-ring (bicyclic) bond motifs is 1. The fourth-order valence-electron chi connectivity index (χ4n) is 2.64. The summed E-state index contributed by atoms with van der Waals surface area (Å²) in [5.41, 5.74) is -4.09. The van der Waals surface area contributed by atoms with Crippen LogP contribution in [0.25, 0.3) is 10.8 Å². The van der Waals surface area contributed by atoms with Gasteiger partial charge in [-0.15, -0.1) is 0 Å². The van der Waals surface area contributed by atoms with Gasteiger partial charge in [0.25, 0.3) is 18.8 Å². The van der Waals surface area contributed by atoms with Crippen LogP contribution in [0.2, 0.25) is 0 Å². The van der Waals surface area contributed by atoms with E-state index in [9.17, 15) is 27.5 Å². The molecule has 0 fully saturated rings. The number of alkyl halides is 4. The van der Waals surface area contributed by atoms with Gasteiger partial charge in [0.05, 0.1) is 0 Å². The van der Waals surface area contributed by atoms with E-state index in [1.807, 2.05) is 18.2 Å². The van der Waals surface area contributed by atoms with Crippen LogP contribution in [0.5, 0.6) is 5.75 Å². The van der Waals surface area contributed by atoms with E-state index in [1.165, 1.54) is 0 Å². The Morgan fingerprint density at radius 1 is 1.22 bits per heavy atom. The average Bonchev–Trinajstić information content (AvgIpc) is 2.99. The number of carbonyl (C=O) groups excluding carboxylic acids is 1. The molecule has 1 heterocycles. The maximum Gasteiger partial charge on any atom is 0.287 e. The number of aliphatic hydroxyl groups is 1. The number of nitrogens with zero attached hydrogens (tertiary/aromatic N) is 2. The van der Waals surface area contributed by atoms with Crippen molar-refractivity contribution in [3.63, 3.8) is 0 Å². The van der Waals surface area contributed by atoms with Crippen molar-refractivity contribution in [1.29, 1.82) is 0 Å². The van der Waals surface area contributed by atoms with Crippen molar-refractivity contribution >= 4 is 38.3 Å². The minimum atomic E-state index is -3.47. The third-order valence-corrected chi connectivity index (χ3v) is 4.50. The first-order valence-electron chi connectivity index (χ1n) is 7.72. The summed E-state index contributed by atoms with van der Waals surface area (Å²) in [6.07, 6.45) is -7.76. The lowest BCUT2D eigenvalue weighted by atomic mass is 10.1. The van der Waals surface area contributed by atoms with Gasteiger partial charge < -0.3 is 9.84 Å². The quantitative estimate of drug-likeness (QED) is 0.707. The Kier molecular flexibility index (Phi) is 5.38. The first-order valence-corrected chi connectivity index (χ1v) is 8.51. The van der Waals surface area contributed by atoms with Crippen molar-refractivity contribution in [3.8, 4) is 5.75 Å². The minimum Gasteiger partial charge on any atom is -0.484 e. The second kappa shape index (κ2) is 7.43. The number of halogens is 5. The maximum absolute atomic E-state index is 13.1. The summed E-state index contributed by atoms with van der Waals surface area (Å²) in [6.45, 7) is -0.753. The smallest absolute Gasteiger partial charge is 0.287 e. The number of hydrazone groups is 1. The van der Waals surface area contributed by atoms with Crippen molar-refractivity contribution in [3.05, 3.63) is 40.9 Å². The van der Waals surface area contributed by atoms with E-state index in [0.29, 0.717) is 0 Å². The summed E-state index contributed by atoms with van der Waals surface area (Å²) < 4.78 is 57.9. The van der Waals surface area contributed by atoms with Crippen molar-refractivity contribution in [1.82, 2.24) is 5.01 Å². The first-order chi connectivity index (χ1) is 12.7. The zero-order valence-electron chi connectivity index (χ0n) is 13.6. The van der Waals surface area contributed by atoms with E-state index < -0.39 is 43.2 Å². The molecule has 1 atom stereocenters. The monoisotopic (exact) mass is 448 g/mol. The highest BCUT2D eigenvalue weighted by Gasteiger charge is 2.53. The lowest BCUT2D eigenvalue weighted by Gasteiger charge is -2.29. The first kappa shape index (κ1) is 19.6. The second-order valence-electron chi connectivity index (χ2n) is 5.90. The minimum absolute atomic E-state index is 0.0165. The summed E-state index contributed by atoms with van der Waals surface area (Å²) in [5, 5.41) is 14.8. The normalized spacial score (nSPS) is 19.9. The second-order valence-corrected chi connectivity index (χ2v) is 6.81. The summed E-state index contributed by atoms with van der Waals surface area (Å²) in [4.78, 5) is 12.2. The highest BCUT2D eigenvalue weighted by atomic mass is 79.9. The number of carbonyl (C=O) groups is 1. The highest BCUT2D eigenvalue weighted by molar-refractivity contribution is 9.10. The zero-order chi connectivity index (χ0) is 19.8. The number of benzene rings is 2. The maximum atomic E-state index is 13.1. The SMILES string of the molecule is O=C(COc1ccc2cc(Br)ccc2c1)N1N=C(C(F)F)CC1(O)C(F)F. The molecule has 1 aliphatic heterocycles. The lowest BCUT2D eigenvalue weighted by Crippen LogP contribution is -2.52. The largest absolute Gasteiger partial charge is 0.484 e. The van der Waals surface area contributed by atoms with Crippen molar-refractivity contribution in [2.75, 3.05) is 6.61 Å². The molecule has 2 aromatic rings. The van der Waals surface area contributed by atoms with Crippen LogP contribution in [0.15, 0.2) is 46.0 Å². The zero-order valence-corrected chi connectivity index (χ0v) is 15.2. The molecule has 10 heteroatoms. The Morgan fingerprint density at radius 3 is 2.56 bits per heavy atom. The van der Waals surface area contributed by atoms with E-state index >= 15 is 0 Å². The summed E-state index contributed by atoms with van der Waals surface area (Å²) >= 11 is 3.34. The Labute approximate surface area is 159 Å². The van der Waals surface area contributed by atoms with Crippen molar-refractivity contribution in [2.24, 2.45) is 5.10 Å². The third-order valence-electron chi connectivity index (χ3n) is 4.01. The van der Waals surface area contributed by atoms with E-state index in [-0.39, 0.29) is 10.8 Å². The van der Waals surface area contributed by atoms with Crippen LogP contribution < -0.4 is 4.74 Å². The molecule has 27 heavy (non-hydrogen) atoms. The Morgan fingerprint density at radius 2 is 1.89 bits per heavy atom. The van der Waals surface area contributed by atoms with Crippen LogP contribution in [0, 0.1) is 0 Å². The number of hydrogen-bond acceptors (Lipinski definition) is 4. The summed E-state index contributed by atoms with van der Waals surface area (Å²) in [5.74, 6) is -0.889. The van der Waals surface area contributed by atoms with Crippen molar-refractivity contribution < 1.29 is 32.2 Å². The lowest BCUT2D eigenvalue weighted by molar-refractivity contribution is -0.193. The molecule has 0 saturated carbocycles. The molecular weight excluding hydrogens is 436 g/mol. The Balaban J connectivity index is 1.75. The Bertz CT molecular complexity index is 909. The fourth-order valence-corrected chi connectivity index (χ4v) is 3.02. The van der Waals surface area contributed by atoms with Crippen LogP contribution in [0.4, 0.5) is 17.6 Å². The van der Waals surface area contributed by atoms with Gasteiger partial charge in [-0.2, -0.15) is 10.1 Å². The predicted octanol–water partition coefficient (Wildman–Crippen LogP) is 3.79. The number of hydrogen-bond donors (Lipinski definition) is 1. The van der Waals surface area contributed by atoms with Gasteiger partial charge in [-0.05, 0) is 35.0 Å². The molecule has 0 spiro atoms. The van der Waals surface area contributed by atoms with Gasteiger partial charge in [0, 0.05) is 10.9 Å². The Hall–Kier alpha value is -2.20. The molecule has 2 aromatic carbocycles. The standard InChI is InChI=1S/C17H13BrF4N2O3/c18-11-3-1-10-6-12(4-2-9(10)5-11)27-8-14(25)24-17(26,16(21)22)7-13(23-24)15(19)20/h1-6,15-16,26H,7-8H2. The molecule has 0 aromatic heterocycles. The average molecular weight is 449 g/mol. The molecular formula is C17H13BrF4N2O3. The van der Waals surface area contributed by atoms with Crippen LogP contribution in [0.3, 0.4) is 0 Å². The molecule has 3 rings (SSSR count). The van der Waals surface area contributed by atoms with Gasteiger partial charge in [-0.25, -0.2) is 17.6 Å². The van der Waals surface area contributed by atoms with Gasteiger partial charge in [-0.3, -0.25) is 4.79 Å². The molecule has 0 radical (unpaired) electrons. The molecule has 144 valence electrons. The van der Waals surface area contributed by atoms with Crippen molar-refractivity contribution in [2.45, 2.75) is 25.0 Å². The molecule has 5 nitrogen and oxygen atoms in total. The van der Waals surface area contributed by atoms with Gasteiger partial charge >= 0.3 is 0 Å². The number of rotatable bonds is 5. The van der Waals surface area contributed by atoms with E-state index in [4.69, 9.17) is 4.74 Å². The summed E-state index contributed by atoms with van der Waals surface area (Å²) in [6, 6.07) is 10.4. The van der Waals surface area contributed by atoms with Crippen LogP contribution in [-0.2, 0) is 4.79 Å². The molecule has 1 amide bonds. The topological polar surface area (TPSA) is 62.1 Å². The van der Waals surface area contributed by atoms with Gasteiger partial charge in [0.2, 0.25) is 5.72 Å². The number of amides is 1. The van der Waals surface area contributed by atoms with Crippen LogP contribution in [0.1, 0.15) is 6.42 Å². The van der Waals surface area contributed by atoms with E-state index in [1.54, 1.807) is 18.2 Å². The van der Waals surface area contributed by atoms with Crippen LogP contribution >= 0.6 is 15.9 Å². The molecule has 1 aliphatic rings. The predicted molar refractivity (Wildman–Crippen MR) is 93.0 cm³/mol. The van der Waals surface area contributed by atoms with Gasteiger partial charge in [0.1, 0.15) is 11.5 Å². The van der Waals surface area contributed by atoms with Gasteiger partial charge in [-0.1, -0.05) is 28.1 Å².